The highest BCUT2D eigenvalue weighted by Crippen LogP contribution is 2.15. The van der Waals surface area contributed by atoms with E-state index in [9.17, 15) is 4.79 Å². The molecule has 0 saturated carbocycles. The van der Waals surface area contributed by atoms with Crippen LogP contribution in [0.15, 0.2) is 24.3 Å². The second-order valence-electron chi connectivity index (χ2n) is 5.65. The molecular formula is C16H25N3O2. The number of morpholine rings is 1. The predicted molar refractivity (Wildman–Crippen MR) is 84.0 cm³/mol. The van der Waals surface area contributed by atoms with Crippen LogP contribution in [0.1, 0.15) is 25.8 Å². The van der Waals surface area contributed by atoms with Crippen LogP contribution in [0.4, 0.5) is 5.69 Å². The summed E-state index contributed by atoms with van der Waals surface area (Å²) < 4.78 is 5.60. The lowest BCUT2D eigenvalue weighted by atomic mass is 10.1. The topological polar surface area (TPSA) is 67.6 Å². The first-order valence-corrected chi connectivity index (χ1v) is 7.53. The van der Waals surface area contributed by atoms with Crippen LogP contribution in [-0.2, 0) is 16.1 Å². The Balaban J connectivity index is 1.84. The van der Waals surface area contributed by atoms with Gasteiger partial charge in [0.25, 0.3) is 0 Å². The summed E-state index contributed by atoms with van der Waals surface area (Å²) in [5, 5.41) is 2.95. The largest absolute Gasteiger partial charge is 0.376 e. The average molecular weight is 291 g/mol. The predicted octanol–water partition coefficient (Wildman–Crippen LogP) is 1.58. The number of benzene rings is 1. The fourth-order valence-electron chi connectivity index (χ4n) is 2.56. The Morgan fingerprint density at radius 1 is 1.43 bits per heavy atom. The van der Waals surface area contributed by atoms with E-state index in [1.165, 1.54) is 0 Å². The van der Waals surface area contributed by atoms with Gasteiger partial charge in [0.2, 0.25) is 5.91 Å². The van der Waals surface area contributed by atoms with Gasteiger partial charge in [-0.15, -0.1) is 0 Å². The van der Waals surface area contributed by atoms with Crippen molar-refractivity contribution in [3.63, 3.8) is 0 Å². The van der Waals surface area contributed by atoms with E-state index in [4.69, 9.17) is 10.5 Å². The quantitative estimate of drug-likeness (QED) is 0.864. The van der Waals surface area contributed by atoms with Crippen LogP contribution < -0.4 is 11.1 Å². The van der Waals surface area contributed by atoms with Crippen molar-refractivity contribution in [2.45, 2.75) is 39.0 Å². The third-order valence-corrected chi connectivity index (χ3v) is 3.87. The lowest BCUT2D eigenvalue weighted by Gasteiger charge is -2.36. The van der Waals surface area contributed by atoms with E-state index in [0.717, 1.165) is 30.9 Å². The summed E-state index contributed by atoms with van der Waals surface area (Å²) in [7, 11) is 0. The molecule has 2 atom stereocenters. The van der Waals surface area contributed by atoms with Crippen LogP contribution in [0.25, 0.3) is 0 Å². The van der Waals surface area contributed by atoms with Crippen LogP contribution in [0.3, 0.4) is 0 Å². The van der Waals surface area contributed by atoms with Crippen molar-refractivity contribution in [3.8, 4) is 0 Å². The Kier molecular flexibility index (Phi) is 5.73. The van der Waals surface area contributed by atoms with Gasteiger partial charge >= 0.3 is 0 Å². The number of anilines is 1. The molecule has 0 spiro atoms. The van der Waals surface area contributed by atoms with E-state index >= 15 is 0 Å². The second-order valence-corrected chi connectivity index (χ2v) is 5.65. The Bertz CT molecular complexity index is 478. The molecule has 3 N–H and O–H groups in total. The molecule has 5 heteroatoms. The van der Waals surface area contributed by atoms with Crippen molar-refractivity contribution in [3.05, 3.63) is 29.8 Å². The van der Waals surface area contributed by atoms with Crippen molar-refractivity contribution < 1.29 is 9.53 Å². The maximum absolute atomic E-state index is 12.1. The number of rotatable bonds is 5. The number of hydrogen-bond acceptors (Lipinski definition) is 4. The first-order chi connectivity index (χ1) is 10.1. The smallest absolute Gasteiger partial charge is 0.225 e. The SMILES string of the molecule is CC1CN(CCC(=O)Nc2ccccc2CN)C(C)CO1. The molecule has 1 aromatic rings. The summed E-state index contributed by atoms with van der Waals surface area (Å²) in [6.45, 7) is 7.00. The van der Waals surface area contributed by atoms with Gasteiger partial charge in [-0.05, 0) is 25.5 Å². The van der Waals surface area contributed by atoms with Gasteiger partial charge in [0.1, 0.15) is 0 Å². The summed E-state index contributed by atoms with van der Waals surface area (Å²) in [5.41, 5.74) is 7.45. The minimum absolute atomic E-state index is 0.0299. The van der Waals surface area contributed by atoms with Gasteiger partial charge in [-0.25, -0.2) is 0 Å². The van der Waals surface area contributed by atoms with Gasteiger partial charge in [0.05, 0.1) is 12.7 Å². The van der Waals surface area contributed by atoms with E-state index in [-0.39, 0.29) is 12.0 Å². The summed E-state index contributed by atoms with van der Waals surface area (Å²) in [6.07, 6.45) is 0.720. The average Bonchev–Trinajstić information content (AvgIpc) is 2.49. The zero-order valence-electron chi connectivity index (χ0n) is 12.8. The normalized spacial score (nSPS) is 23.0. The number of carbonyl (C=O) groups is 1. The van der Waals surface area contributed by atoms with Gasteiger partial charge < -0.3 is 15.8 Å². The number of para-hydroxylation sites is 1. The van der Waals surface area contributed by atoms with Crippen molar-refractivity contribution in [1.82, 2.24) is 4.90 Å². The Morgan fingerprint density at radius 3 is 2.95 bits per heavy atom. The molecule has 2 rings (SSSR count). The summed E-state index contributed by atoms with van der Waals surface area (Å²) in [6, 6.07) is 8.01. The minimum Gasteiger partial charge on any atom is -0.376 e. The van der Waals surface area contributed by atoms with E-state index in [1.54, 1.807) is 0 Å². The van der Waals surface area contributed by atoms with E-state index < -0.39 is 0 Å². The van der Waals surface area contributed by atoms with Crippen molar-refractivity contribution >= 4 is 11.6 Å². The molecule has 1 aromatic carbocycles. The molecule has 1 heterocycles. The number of hydrogen-bond donors (Lipinski definition) is 2. The molecule has 116 valence electrons. The lowest BCUT2D eigenvalue weighted by molar-refractivity contribution is -0.117. The number of amides is 1. The van der Waals surface area contributed by atoms with E-state index in [2.05, 4.69) is 24.1 Å². The Hall–Kier alpha value is -1.43. The molecule has 0 radical (unpaired) electrons. The highest BCUT2D eigenvalue weighted by Gasteiger charge is 2.23. The molecule has 1 fully saturated rings. The number of ether oxygens (including phenoxy) is 1. The van der Waals surface area contributed by atoms with Crippen LogP contribution in [0.2, 0.25) is 0 Å². The fourth-order valence-corrected chi connectivity index (χ4v) is 2.56. The van der Waals surface area contributed by atoms with Crippen molar-refractivity contribution in [2.75, 3.05) is 25.0 Å². The Morgan fingerprint density at radius 2 is 2.19 bits per heavy atom. The van der Waals surface area contributed by atoms with Crippen molar-refractivity contribution in [1.29, 1.82) is 0 Å². The van der Waals surface area contributed by atoms with E-state index in [0.29, 0.717) is 19.0 Å². The summed E-state index contributed by atoms with van der Waals surface area (Å²) in [5.74, 6) is 0.0299. The van der Waals surface area contributed by atoms with Gasteiger partial charge in [-0.2, -0.15) is 0 Å². The first-order valence-electron chi connectivity index (χ1n) is 7.53. The second kappa shape index (κ2) is 7.54. The monoisotopic (exact) mass is 291 g/mol. The molecule has 1 amide bonds. The molecule has 1 saturated heterocycles. The highest BCUT2D eigenvalue weighted by molar-refractivity contribution is 5.91. The van der Waals surface area contributed by atoms with Crippen LogP contribution >= 0.6 is 0 Å². The molecule has 5 nitrogen and oxygen atoms in total. The molecular weight excluding hydrogens is 266 g/mol. The first kappa shape index (κ1) is 15.9. The van der Waals surface area contributed by atoms with Gasteiger partial charge in [0.15, 0.2) is 0 Å². The maximum Gasteiger partial charge on any atom is 0.225 e. The molecule has 0 aromatic heterocycles. The van der Waals surface area contributed by atoms with E-state index in [1.807, 2.05) is 24.3 Å². The molecule has 21 heavy (non-hydrogen) atoms. The third kappa shape index (κ3) is 4.52. The Labute approximate surface area is 126 Å². The molecule has 1 aliphatic rings. The summed E-state index contributed by atoms with van der Waals surface area (Å²) in [4.78, 5) is 14.4. The molecule has 0 aliphatic carbocycles. The molecule has 2 unspecified atom stereocenters. The standard InChI is InChI=1S/C16H25N3O2/c1-12-11-21-13(2)10-19(12)8-7-16(20)18-15-6-4-3-5-14(15)9-17/h3-6,12-13H,7-11,17H2,1-2H3,(H,18,20). The zero-order valence-corrected chi connectivity index (χ0v) is 12.8. The van der Waals surface area contributed by atoms with Crippen molar-refractivity contribution in [2.24, 2.45) is 5.73 Å². The van der Waals surface area contributed by atoms with Gasteiger partial charge in [0, 0.05) is 37.8 Å². The lowest BCUT2D eigenvalue weighted by Crippen LogP contribution is -2.48. The number of nitrogens with zero attached hydrogens (tertiary/aromatic N) is 1. The van der Waals surface area contributed by atoms with Crippen LogP contribution in [0, 0.1) is 0 Å². The summed E-state index contributed by atoms with van der Waals surface area (Å²) >= 11 is 0. The van der Waals surface area contributed by atoms with Gasteiger partial charge in [-0.3, -0.25) is 9.69 Å². The maximum atomic E-state index is 12.1. The van der Waals surface area contributed by atoms with Gasteiger partial charge in [-0.1, -0.05) is 18.2 Å². The third-order valence-electron chi connectivity index (χ3n) is 3.87. The number of carbonyl (C=O) groups excluding carboxylic acids is 1. The molecule has 1 aliphatic heterocycles. The highest BCUT2D eigenvalue weighted by atomic mass is 16.5. The van der Waals surface area contributed by atoms with Crippen LogP contribution in [0.5, 0.6) is 0 Å². The zero-order chi connectivity index (χ0) is 15.2. The number of nitrogens with two attached hydrogens (primary N) is 1. The minimum atomic E-state index is 0.0299. The van der Waals surface area contributed by atoms with Crippen LogP contribution in [-0.4, -0.2) is 42.6 Å². The fraction of sp³-hybridized carbons (Fsp3) is 0.562. The number of nitrogens with one attached hydrogen (secondary N) is 1. The molecule has 0 bridgehead atoms.